The lowest BCUT2D eigenvalue weighted by Gasteiger charge is -2.35. The number of rotatable bonds is 4. The molecule has 6 nitrogen and oxygen atoms in total. The number of carbonyl (C=O) groups is 1. The van der Waals surface area contributed by atoms with Crippen LogP contribution in [0, 0.1) is 24.1 Å². The molecule has 1 aliphatic rings. The summed E-state index contributed by atoms with van der Waals surface area (Å²) in [5.41, 5.74) is 2.81. The van der Waals surface area contributed by atoms with Gasteiger partial charge in [-0.25, -0.2) is 14.4 Å². The van der Waals surface area contributed by atoms with Crippen LogP contribution in [-0.2, 0) is 0 Å². The molecule has 31 heavy (non-hydrogen) atoms. The van der Waals surface area contributed by atoms with Gasteiger partial charge in [-0.1, -0.05) is 6.92 Å². The minimum absolute atomic E-state index is 0.0627. The summed E-state index contributed by atoms with van der Waals surface area (Å²) in [5.74, 6) is -0.660. The van der Waals surface area contributed by atoms with Gasteiger partial charge < -0.3 is 10.2 Å². The van der Waals surface area contributed by atoms with E-state index >= 15 is 0 Å². The number of anilines is 2. The number of nitrogens with zero attached hydrogens (tertiary/aromatic N) is 4. The van der Waals surface area contributed by atoms with Gasteiger partial charge in [-0.2, -0.15) is 5.26 Å². The summed E-state index contributed by atoms with van der Waals surface area (Å²) >= 11 is 0. The van der Waals surface area contributed by atoms with Gasteiger partial charge in [-0.05, 0) is 62.9 Å². The predicted octanol–water partition coefficient (Wildman–Crippen LogP) is 5.10. The van der Waals surface area contributed by atoms with E-state index in [0.717, 1.165) is 37.9 Å². The minimum Gasteiger partial charge on any atom is -0.354 e. The molecular weight excluding hydrogens is 393 g/mol. The first kappa shape index (κ1) is 20.7. The lowest BCUT2D eigenvalue weighted by atomic mass is 9.98. The molecular formula is C24H24FN5O. The number of benzene rings is 1. The van der Waals surface area contributed by atoms with Crippen molar-refractivity contribution in [2.24, 2.45) is 0 Å². The number of nitrogens with one attached hydrogen (secondary N) is 1. The number of carbonyl (C=O) groups excluding carboxylic acids is 1. The second kappa shape index (κ2) is 8.68. The van der Waals surface area contributed by atoms with E-state index in [-0.39, 0.29) is 17.5 Å². The van der Waals surface area contributed by atoms with Crippen LogP contribution in [0.5, 0.6) is 0 Å². The third kappa shape index (κ3) is 4.06. The number of hydrogen-bond donors (Lipinski definition) is 1. The number of aromatic nitrogens is 2. The molecule has 1 amide bonds. The van der Waals surface area contributed by atoms with Crippen molar-refractivity contribution < 1.29 is 9.18 Å². The Kier molecular flexibility index (Phi) is 5.81. The first-order valence-electron chi connectivity index (χ1n) is 10.6. The molecule has 158 valence electrons. The Morgan fingerprint density at radius 1 is 1.32 bits per heavy atom. The fourth-order valence-electron chi connectivity index (χ4n) is 4.15. The average molecular weight is 417 g/mol. The molecule has 0 saturated carbocycles. The van der Waals surface area contributed by atoms with Crippen LogP contribution in [0.1, 0.15) is 54.2 Å². The maximum Gasteiger partial charge on any atom is 0.257 e. The molecule has 0 unspecified atom stereocenters. The molecule has 1 fully saturated rings. The Balaban J connectivity index is 1.83. The molecule has 1 atom stereocenters. The molecule has 1 aliphatic heterocycles. The van der Waals surface area contributed by atoms with E-state index in [1.54, 1.807) is 12.3 Å². The van der Waals surface area contributed by atoms with E-state index in [4.69, 9.17) is 0 Å². The smallest absolute Gasteiger partial charge is 0.257 e. The summed E-state index contributed by atoms with van der Waals surface area (Å²) in [5, 5.41) is 13.1. The highest BCUT2D eigenvalue weighted by atomic mass is 19.1. The van der Waals surface area contributed by atoms with E-state index in [0.29, 0.717) is 28.0 Å². The van der Waals surface area contributed by atoms with Crippen LogP contribution >= 0.6 is 0 Å². The van der Waals surface area contributed by atoms with Gasteiger partial charge in [0.1, 0.15) is 11.9 Å². The molecule has 4 rings (SSSR count). The molecule has 1 N–H and O–H groups in total. The maximum atomic E-state index is 13.8. The number of pyridine rings is 2. The molecule has 0 radical (unpaired) electrons. The van der Waals surface area contributed by atoms with Crippen molar-refractivity contribution in [2.45, 2.75) is 45.6 Å². The standard InChI is InChI=1S/C24H24FN5O/c1-3-18-6-4-5-11-30(18)24(31)20-14-27-23-19(9-7-15(2)28-23)22(20)29-17-8-10-21(25)16(12-17)13-26/h7-10,12,14,18H,3-6,11H2,1-2H3,(H,27,28,29)/t18-/m0/s1. The zero-order valence-corrected chi connectivity index (χ0v) is 17.7. The highest BCUT2D eigenvalue weighted by Gasteiger charge is 2.29. The SMILES string of the molecule is CC[C@H]1CCCCN1C(=O)c1cnc2nc(C)ccc2c1Nc1ccc(F)c(C#N)c1. The Morgan fingerprint density at radius 2 is 2.16 bits per heavy atom. The first-order chi connectivity index (χ1) is 15.0. The summed E-state index contributed by atoms with van der Waals surface area (Å²) in [6, 6.07) is 10.0. The predicted molar refractivity (Wildman–Crippen MR) is 118 cm³/mol. The minimum atomic E-state index is -0.583. The topological polar surface area (TPSA) is 81.9 Å². The number of hydrogen-bond acceptors (Lipinski definition) is 5. The third-order valence-electron chi connectivity index (χ3n) is 5.81. The average Bonchev–Trinajstić information content (AvgIpc) is 2.79. The second-order valence-corrected chi connectivity index (χ2v) is 7.86. The van der Waals surface area contributed by atoms with Gasteiger partial charge in [-0.3, -0.25) is 4.79 Å². The van der Waals surface area contributed by atoms with Crippen molar-refractivity contribution in [1.82, 2.24) is 14.9 Å². The monoisotopic (exact) mass is 417 g/mol. The molecule has 7 heteroatoms. The fourth-order valence-corrected chi connectivity index (χ4v) is 4.15. The van der Waals surface area contributed by atoms with Crippen LogP contribution in [0.15, 0.2) is 36.5 Å². The van der Waals surface area contributed by atoms with Crippen LogP contribution in [0.4, 0.5) is 15.8 Å². The van der Waals surface area contributed by atoms with Crippen LogP contribution in [-0.4, -0.2) is 33.4 Å². The largest absolute Gasteiger partial charge is 0.354 e. The zero-order chi connectivity index (χ0) is 22.0. The summed E-state index contributed by atoms with van der Waals surface area (Å²) < 4.78 is 13.8. The molecule has 2 aromatic heterocycles. The normalized spacial score (nSPS) is 16.2. The summed E-state index contributed by atoms with van der Waals surface area (Å²) in [6.45, 7) is 4.70. The quantitative estimate of drug-likeness (QED) is 0.639. The van der Waals surface area contributed by atoms with Gasteiger partial charge in [0.05, 0.1) is 16.8 Å². The van der Waals surface area contributed by atoms with Crippen molar-refractivity contribution >= 4 is 28.3 Å². The van der Waals surface area contributed by atoms with Crippen molar-refractivity contribution in [3.05, 3.63) is 59.2 Å². The molecule has 3 aromatic rings. The van der Waals surface area contributed by atoms with Crippen LogP contribution < -0.4 is 5.32 Å². The van der Waals surface area contributed by atoms with Gasteiger partial charge in [-0.15, -0.1) is 0 Å². The second-order valence-electron chi connectivity index (χ2n) is 7.86. The van der Waals surface area contributed by atoms with Crippen molar-refractivity contribution in [3.8, 4) is 6.07 Å². The summed E-state index contributed by atoms with van der Waals surface area (Å²) in [4.78, 5) is 24.4. The van der Waals surface area contributed by atoms with Gasteiger partial charge in [0, 0.05) is 35.6 Å². The molecule has 0 spiro atoms. The Bertz CT molecular complexity index is 1190. The number of likely N-dealkylation sites (tertiary alicyclic amines) is 1. The number of halogens is 1. The Labute approximate surface area is 180 Å². The molecule has 0 aliphatic carbocycles. The van der Waals surface area contributed by atoms with Crippen LogP contribution in [0.25, 0.3) is 11.0 Å². The number of nitriles is 1. The lowest BCUT2D eigenvalue weighted by molar-refractivity contribution is 0.0609. The fraction of sp³-hybridized carbons (Fsp3) is 0.333. The number of fused-ring (bicyclic) bond motifs is 1. The van der Waals surface area contributed by atoms with Crippen LogP contribution in [0.2, 0.25) is 0 Å². The third-order valence-corrected chi connectivity index (χ3v) is 5.81. The van der Waals surface area contributed by atoms with E-state index in [1.807, 2.05) is 30.0 Å². The lowest BCUT2D eigenvalue weighted by Crippen LogP contribution is -2.43. The van der Waals surface area contributed by atoms with Crippen molar-refractivity contribution in [1.29, 1.82) is 5.26 Å². The molecule has 1 aromatic carbocycles. The highest BCUT2D eigenvalue weighted by Crippen LogP contribution is 2.32. The van der Waals surface area contributed by atoms with Gasteiger partial charge >= 0.3 is 0 Å². The number of piperidine rings is 1. The highest BCUT2D eigenvalue weighted by molar-refractivity contribution is 6.07. The van der Waals surface area contributed by atoms with Gasteiger partial charge in [0.25, 0.3) is 5.91 Å². The summed E-state index contributed by atoms with van der Waals surface area (Å²) in [7, 11) is 0. The van der Waals surface area contributed by atoms with Crippen LogP contribution in [0.3, 0.4) is 0 Å². The number of aryl methyl sites for hydroxylation is 1. The Morgan fingerprint density at radius 3 is 2.94 bits per heavy atom. The first-order valence-corrected chi connectivity index (χ1v) is 10.6. The molecule has 1 saturated heterocycles. The van der Waals surface area contributed by atoms with Crippen molar-refractivity contribution in [3.63, 3.8) is 0 Å². The zero-order valence-electron chi connectivity index (χ0n) is 17.7. The summed E-state index contributed by atoms with van der Waals surface area (Å²) in [6.07, 6.45) is 5.57. The van der Waals surface area contributed by atoms with E-state index in [1.165, 1.54) is 12.1 Å². The van der Waals surface area contributed by atoms with Crippen molar-refractivity contribution in [2.75, 3.05) is 11.9 Å². The van der Waals surface area contributed by atoms with E-state index in [2.05, 4.69) is 22.2 Å². The van der Waals surface area contributed by atoms with E-state index < -0.39 is 5.82 Å². The molecule has 3 heterocycles. The Hall–Kier alpha value is -3.53. The molecule has 0 bridgehead atoms. The van der Waals surface area contributed by atoms with Gasteiger partial charge in [0.15, 0.2) is 5.65 Å². The van der Waals surface area contributed by atoms with E-state index in [9.17, 15) is 14.4 Å². The number of amides is 1. The maximum absolute atomic E-state index is 13.8. The van der Waals surface area contributed by atoms with Gasteiger partial charge in [0.2, 0.25) is 0 Å².